The van der Waals surface area contributed by atoms with Gasteiger partial charge in [0.1, 0.15) is 11.1 Å². The van der Waals surface area contributed by atoms with Crippen molar-refractivity contribution in [2.75, 3.05) is 0 Å². The minimum atomic E-state index is 0.600. The van der Waals surface area contributed by atoms with E-state index in [0.717, 1.165) is 87.8 Å². The van der Waals surface area contributed by atoms with E-state index in [1.165, 1.54) is 38.1 Å². The van der Waals surface area contributed by atoms with Crippen LogP contribution in [0.3, 0.4) is 0 Å². The Balaban J connectivity index is 1.20. The monoisotopic (exact) mass is 750 g/mol. The van der Waals surface area contributed by atoms with E-state index in [1.54, 1.807) is 0 Å². The molecular weight excluding hydrogens is 721 g/mol. The lowest BCUT2D eigenvalue weighted by Crippen LogP contribution is -2.04. The van der Waals surface area contributed by atoms with Crippen LogP contribution in [-0.2, 0) is 0 Å². The molecule has 272 valence electrons. The van der Waals surface area contributed by atoms with Gasteiger partial charge in [-0.25, -0.2) is 9.97 Å². The Bertz CT molecular complexity index is 4060. The third kappa shape index (κ3) is 4.08. The number of rotatable bonds is 3. The fraction of sp³-hybridized carbons (Fsp3) is 0. The van der Waals surface area contributed by atoms with E-state index in [9.17, 15) is 0 Å². The molecule has 0 aliphatic rings. The van der Waals surface area contributed by atoms with Gasteiger partial charge in [0.2, 0.25) is 5.95 Å². The van der Waals surface area contributed by atoms with Gasteiger partial charge < -0.3 is 8.82 Å². The van der Waals surface area contributed by atoms with Gasteiger partial charge >= 0.3 is 0 Å². The highest BCUT2D eigenvalue weighted by atomic mass is 16.3. The van der Waals surface area contributed by atoms with Crippen LogP contribution in [0.15, 0.2) is 186 Å². The van der Waals surface area contributed by atoms with Crippen LogP contribution in [0, 0.1) is 0 Å². The molecule has 0 amide bonds. The van der Waals surface area contributed by atoms with Gasteiger partial charge in [-0.3, -0.25) is 4.57 Å². The fourth-order valence-corrected chi connectivity index (χ4v) is 10.1. The summed E-state index contributed by atoms with van der Waals surface area (Å²) in [6.07, 6.45) is 0. The lowest BCUT2D eigenvalue weighted by atomic mass is 9.99. The first-order valence-corrected chi connectivity index (χ1v) is 20.1. The zero-order valence-electron chi connectivity index (χ0n) is 31.5. The summed E-state index contributed by atoms with van der Waals surface area (Å²) in [5.41, 5.74) is 12.4. The first-order valence-electron chi connectivity index (χ1n) is 20.1. The Kier molecular flexibility index (Phi) is 5.96. The molecule has 14 rings (SSSR count). The summed E-state index contributed by atoms with van der Waals surface area (Å²) in [7, 11) is 0. The molecule has 0 bridgehead atoms. The molecular formula is C54H30N4O. The van der Waals surface area contributed by atoms with E-state index in [2.05, 4.69) is 185 Å². The average Bonchev–Trinajstić information content (AvgIpc) is 3.94. The molecule has 9 aromatic carbocycles. The van der Waals surface area contributed by atoms with E-state index in [1.807, 2.05) is 6.07 Å². The molecule has 0 saturated carbocycles. The molecule has 5 heteroatoms. The van der Waals surface area contributed by atoms with Crippen LogP contribution in [0.5, 0.6) is 0 Å². The SMILES string of the molecule is c1ccc(-c2ccc(-c3nc(-n4c5cccc6c5c5c(cc7c8ccccc8oc7c54)c4cccc5c7ccccc7n6c45)nc4c3ccc3ccccc34)cc2)cc1. The quantitative estimate of drug-likeness (QED) is 0.169. The molecule has 0 saturated heterocycles. The second-order valence-corrected chi connectivity index (χ2v) is 15.7. The van der Waals surface area contributed by atoms with Gasteiger partial charge in [0.15, 0.2) is 5.58 Å². The Morgan fingerprint density at radius 3 is 1.93 bits per heavy atom. The van der Waals surface area contributed by atoms with Crippen LogP contribution in [0.4, 0.5) is 0 Å². The molecule has 14 aromatic rings. The lowest BCUT2D eigenvalue weighted by Gasteiger charge is -2.14. The molecule has 0 fully saturated rings. The number of para-hydroxylation sites is 3. The molecule has 0 aliphatic heterocycles. The molecule has 0 aliphatic carbocycles. The van der Waals surface area contributed by atoms with Crippen molar-refractivity contribution in [2.24, 2.45) is 0 Å². The van der Waals surface area contributed by atoms with E-state index < -0.39 is 0 Å². The Morgan fingerprint density at radius 2 is 1.05 bits per heavy atom. The van der Waals surface area contributed by atoms with E-state index in [0.29, 0.717) is 5.95 Å². The van der Waals surface area contributed by atoms with E-state index in [4.69, 9.17) is 14.4 Å². The molecule has 0 unspecified atom stereocenters. The Hall–Kier alpha value is -8.02. The number of nitrogens with zero attached hydrogens (tertiary/aromatic N) is 4. The highest BCUT2D eigenvalue weighted by molar-refractivity contribution is 6.36. The second-order valence-electron chi connectivity index (χ2n) is 15.7. The van der Waals surface area contributed by atoms with Gasteiger partial charge in [-0.15, -0.1) is 0 Å². The van der Waals surface area contributed by atoms with Crippen molar-refractivity contribution in [1.82, 2.24) is 18.9 Å². The molecule has 0 atom stereocenters. The van der Waals surface area contributed by atoms with Crippen LogP contribution in [0.25, 0.3) is 132 Å². The number of hydrogen-bond acceptors (Lipinski definition) is 3. The van der Waals surface area contributed by atoms with Gasteiger partial charge in [0.05, 0.1) is 33.3 Å². The number of hydrogen-bond donors (Lipinski definition) is 0. The largest absolute Gasteiger partial charge is 0.454 e. The molecule has 5 heterocycles. The van der Waals surface area contributed by atoms with Crippen LogP contribution >= 0.6 is 0 Å². The highest BCUT2D eigenvalue weighted by Crippen LogP contribution is 2.48. The summed E-state index contributed by atoms with van der Waals surface area (Å²) in [4.78, 5) is 11.2. The van der Waals surface area contributed by atoms with E-state index in [-0.39, 0.29) is 0 Å². The molecule has 0 spiro atoms. The van der Waals surface area contributed by atoms with Crippen molar-refractivity contribution in [2.45, 2.75) is 0 Å². The number of aromatic nitrogens is 4. The topological polar surface area (TPSA) is 48.3 Å². The number of benzene rings is 9. The average molecular weight is 751 g/mol. The first-order chi connectivity index (χ1) is 29.3. The van der Waals surface area contributed by atoms with Crippen LogP contribution in [0.2, 0.25) is 0 Å². The normalized spacial score (nSPS) is 12.4. The first kappa shape index (κ1) is 31.1. The zero-order valence-corrected chi connectivity index (χ0v) is 31.5. The summed E-state index contributed by atoms with van der Waals surface area (Å²) in [5.74, 6) is 0.600. The van der Waals surface area contributed by atoms with Crippen LogP contribution < -0.4 is 0 Å². The molecule has 0 radical (unpaired) electrons. The molecule has 0 N–H and O–H groups in total. The smallest absolute Gasteiger partial charge is 0.235 e. The number of furan rings is 1. The van der Waals surface area contributed by atoms with E-state index >= 15 is 0 Å². The zero-order chi connectivity index (χ0) is 38.3. The van der Waals surface area contributed by atoms with Crippen molar-refractivity contribution in [3.8, 4) is 28.3 Å². The minimum absolute atomic E-state index is 0.600. The fourth-order valence-electron chi connectivity index (χ4n) is 10.1. The van der Waals surface area contributed by atoms with Gasteiger partial charge in [-0.1, -0.05) is 146 Å². The number of fused-ring (bicyclic) bond motifs is 12. The third-order valence-corrected chi connectivity index (χ3v) is 12.6. The van der Waals surface area contributed by atoms with Crippen molar-refractivity contribution in [3.05, 3.63) is 182 Å². The van der Waals surface area contributed by atoms with Crippen molar-refractivity contribution >= 4 is 104 Å². The second kappa shape index (κ2) is 11.3. The minimum Gasteiger partial charge on any atom is -0.454 e. The van der Waals surface area contributed by atoms with Crippen LogP contribution in [-0.4, -0.2) is 18.9 Å². The maximum Gasteiger partial charge on any atom is 0.235 e. The standard InChI is InChI=1S/C54H30N4O/c1-2-12-31(13-3-1)32-24-26-34(27-25-32)49-40-29-28-33-14-4-5-15-35(33)50(40)56-54(55-49)58-45-22-11-21-44-48(45)47-41(30-42-37-17-7-9-23-46(37)59-53(42)52(47)58)39-19-10-18-38-36-16-6-8-20-43(36)57(44)51(38)39/h1-30H. The Morgan fingerprint density at radius 1 is 0.390 bits per heavy atom. The summed E-state index contributed by atoms with van der Waals surface area (Å²) >= 11 is 0. The molecule has 5 aromatic heterocycles. The van der Waals surface area contributed by atoms with Crippen molar-refractivity contribution in [3.63, 3.8) is 0 Å². The van der Waals surface area contributed by atoms with Crippen LogP contribution in [0.1, 0.15) is 0 Å². The summed E-state index contributed by atoms with van der Waals surface area (Å²) in [6, 6.07) is 65.1. The Labute approximate surface area is 335 Å². The predicted molar refractivity (Wildman–Crippen MR) is 244 cm³/mol. The van der Waals surface area contributed by atoms with Gasteiger partial charge in [0, 0.05) is 54.0 Å². The van der Waals surface area contributed by atoms with Crippen molar-refractivity contribution in [1.29, 1.82) is 0 Å². The molecule has 5 nitrogen and oxygen atoms in total. The summed E-state index contributed by atoms with van der Waals surface area (Å²) in [6.45, 7) is 0. The van der Waals surface area contributed by atoms with Gasteiger partial charge in [0.25, 0.3) is 0 Å². The lowest BCUT2D eigenvalue weighted by molar-refractivity contribution is 0.671. The van der Waals surface area contributed by atoms with Gasteiger partial charge in [-0.2, -0.15) is 0 Å². The maximum atomic E-state index is 6.96. The summed E-state index contributed by atoms with van der Waals surface area (Å²) in [5, 5.41) is 12.5. The third-order valence-electron chi connectivity index (χ3n) is 12.6. The maximum absolute atomic E-state index is 6.96. The highest BCUT2D eigenvalue weighted by Gasteiger charge is 2.27. The molecule has 59 heavy (non-hydrogen) atoms. The summed E-state index contributed by atoms with van der Waals surface area (Å²) < 4.78 is 11.7. The van der Waals surface area contributed by atoms with Crippen molar-refractivity contribution < 1.29 is 4.42 Å². The van der Waals surface area contributed by atoms with Gasteiger partial charge in [-0.05, 0) is 58.3 Å². The predicted octanol–water partition coefficient (Wildman–Crippen LogP) is 14.3.